The summed E-state index contributed by atoms with van der Waals surface area (Å²) in [7, 11) is -9.28. The van der Waals surface area contributed by atoms with Gasteiger partial charge in [0.25, 0.3) is 0 Å². The fraction of sp³-hybridized carbons (Fsp3) is 0. The molecule has 0 aliphatic rings. The third-order valence-corrected chi connectivity index (χ3v) is 11.1. The molecule has 7 aromatic rings. The number of benzene rings is 7. The van der Waals surface area contributed by atoms with Gasteiger partial charge in [0.2, 0.25) is 0 Å². The fourth-order valence-electron chi connectivity index (χ4n) is 5.79. The molecule has 0 saturated carbocycles. The van der Waals surface area contributed by atoms with Gasteiger partial charge in [0, 0.05) is 58.4 Å². The normalized spacial score (nSPS) is 10.9. The van der Waals surface area contributed by atoms with Crippen molar-refractivity contribution < 1.29 is 53.9 Å². The molecule has 0 atom stereocenters. The molecule has 6 N–H and O–H groups in total. The summed E-state index contributed by atoms with van der Waals surface area (Å²) in [5, 5.41) is 15.5. The molecule has 0 spiro atoms. The number of carbonyl (C=O) groups is 4. The summed E-state index contributed by atoms with van der Waals surface area (Å²) in [5.41, 5.74) is 1.88. The molecule has 0 radical (unpaired) electrons. The molecular formula is C46H36N6O12S2. The van der Waals surface area contributed by atoms with E-state index in [1.165, 1.54) is 78.9 Å². The molecule has 7 aromatic carbocycles. The Balaban J connectivity index is 0.924. The average Bonchev–Trinajstić information content (AvgIpc) is 3.27. The highest BCUT2D eigenvalue weighted by Gasteiger charge is 2.23. The SMILES string of the molecule is O=C(Nc1cccc(OC(=O)Nc2ccccc2)c1)Nc1cccc(OS(=O)(=O)c2cccc(S(=O)(=O)Oc3cccc(NC(=O)Nc4cccc(OC(=O)Nc5ccccc5)c4)c3)c2)c1. The number of hydrogen-bond donors (Lipinski definition) is 6. The van der Waals surface area contributed by atoms with Gasteiger partial charge in [0.05, 0.1) is 0 Å². The van der Waals surface area contributed by atoms with E-state index < -0.39 is 54.3 Å². The van der Waals surface area contributed by atoms with Gasteiger partial charge < -0.3 is 39.1 Å². The van der Waals surface area contributed by atoms with Crippen molar-refractivity contribution in [3.05, 3.63) is 182 Å². The van der Waals surface area contributed by atoms with E-state index in [0.717, 1.165) is 18.2 Å². The van der Waals surface area contributed by atoms with Crippen LogP contribution in [0.1, 0.15) is 0 Å². The van der Waals surface area contributed by atoms with Gasteiger partial charge in [-0.3, -0.25) is 10.6 Å². The predicted octanol–water partition coefficient (Wildman–Crippen LogP) is 9.73. The maximum atomic E-state index is 13.4. The Hall–Kier alpha value is -8.88. The van der Waals surface area contributed by atoms with Crippen molar-refractivity contribution in [3.63, 3.8) is 0 Å². The predicted molar refractivity (Wildman–Crippen MR) is 245 cm³/mol. The van der Waals surface area contributed by atoms with E-state index in [4.69, 9.17) is 17.8 Å². The number of hydrogen-bond acceptors (Lipinski definition) is 12. The number of anilines is 6. The third kappa shape index (κ3) is 13.1. The van der Waals surface area contributed by atoms with E-state index in [9.17, 15) is 36.0 Å². The molecular weight excluding hydrogens is 893 g/mol. The minimum absolute atomic E-state index is 0.137. The van der Waals surface area contributed by atoms with Crippen LogP contribution < -0.4 is 49.7 Å². The summed E-state index contributed by atoms with van der Waals surface area (Å²) in [6.07, 6.45) is -1.48. The van der Waals surface area contributed by atoms with E-state index in [-0.39, 0.29) is 45.7 Å². The summed E-state index contributed by atoms with van der Waals surface area (Å²) in [6.45, 7) is 0. The number of nitrogens with one attached hydrogen (secondary N) is 6. The lowest BCUT2D eigenvalue weighted by Gasteiger charge is -2.12. The fourth-order valence-corrected chi connectivity index (χ4v) is 7.81. The molecule has 6 amide bonds. The first-order valence-electron chi connectivity index (χ1n) is 19.4. The van der Waals surface area contributed by atoms with Crippen molar-refractivity contribution in [1.82, 2.24) is 0 Å². The minimum Gasteiger partial charge on any atom is -0.410 e. The molecule has 0 saturated heterocycles. The highest BCUT2D eigenvalue weighted by molar-refractivity contribution is 7.88. The average molecular weight is 929 g/mol. The zero-order valence-corrected chi connectivity index (χ0v) is 35.7. The smallest absolute Gasteiger partial charge is 0.410 e. The molecule has 334 valence electrons. The van der Waals surface area contributed by atoms with Gasteiger partial charge in [-0.15, -0.1) is 0 Å². The molecule has 7 rings (SSSR count). The maximum absolute atomic E-state index is 13.4. The topological polar surface area (TPSA) is 246 Å². The van der Waals surface area contributed by atoms with E-state index in [1.807, 2.05) is 0 Å². The Bertz CT molecular complexity index is 2920. The second-order valence-corrected chi connectivity index (χ2v) is 16.7. The standard InChI is InChI=1S/C46H36N6O12S2/c53-43(47-33-16-7-20-37(26-33)61-45(55)51-31-12-3-1-4-13-31)49-35-18-9-22-39(28-35)63-65(57,58)41-24-11-25-42(30-41)66(59,60)64-40-23-10-19-36(29-40)50-44(54)48-34-17-8-21-38(27-34)62-46(56)52-32-14-5-2-6-15-32/h1-30H,(H,51,55)(H,52,56)(H2,47,49,53)(H2,48,50,54). The van der Waals surface area contributed by atoms with Crippen LogP contribution in [0.25, 0.3) is 0 Å². The number of rotatable bonds is 14. The summed E-state index contributed by atoms with van der Waals surface area (Å²) < 4.78 is 74.6. The Morgan fingerprint density at radius 3 is 0.985 bits per heavy atom. The first kappa shape index (κ1) is 45.2. The molecule has 0 aromatic heterocycles. The highest BCUT2D eigenvalue weighted by atomic mass is 32.2. The number of amides is 6. The van der Waals surface area contributed by atoms with Gasteiger partial charge in [-0.2, -0.15) is 16.8 Å². The van der Waals surface area contributed by atoms with Crippen molar-refractivity contribution in [2.45, 2.75) is 9.79 Å². The lowest BCUT2D eigenvalue weighted by molar-refractivity contribution is 0.214. The van der Waals surface area contributed by atoms with Crippen LogP contribution in [0.15, 0.2) is 192 Å². The quantitative estimate of drug-likeness (QED) is 0.0558. The number of ether oxygens (including phenoxy) is 2. The summed E-state index contributed by atoms with van der Waals surface area (Å²) in [4.78, 5) is 49.2. The zero-order chi connectivity index (χ0) is 46.5. The Kier molecular flexibility index (Phi) is 14.0. The molecule has 66 heavy (non-hydrogen) atoms. The maximum Gasteiger partial charge on any atom is 0.417 e. The lowest BCUT2D eigenvalue weighted by Crippen LogP contribution is -2.20. The second kappa shape index (κ2) is 20.5. The van der Waals surface area contributed by atoms with Crippen LogP contribution in [-0.2, 0) is 20.2 Å². The third-order valence-electron chi connectivity index (χ3n) is 8.62. The van der Waals surface area contributed by atoms with Gasteiger partial charge in [0.1, 0.15) is 32.8 Å². The molecule has 0 unspecified atom stereocenters. The number of urea groups is 2. The molecule has 0 bridgehead atoms. The van der Waals surface area contributed by atoms with Crippen molar-refractivity contribution in [3.8, 4) is 23.0 Å². The first-order chi connectivity index (χ1) is 31.7. The summed E-state index contributed by atoms with van der Waals surface area (Å²) in [6, 6.07) is 43.2. The van der Waals surface area contributed by atoms with Crippen molar-refractivity contribution in [2.75, 3.05) is 31.9 Å². The van der Waals surface area contributed by atoms with Crippen LogP contribution in [0.5, 0.6) is 23.0 Å². The van der Waals surface area contributed by atoms with Gasteiger partial charge in [-0.25, -0.2) is 19.2 Å². The van der Waals surface area contributed by atoms with Gasteiger partial charge >= 0.3 is 44.5 Å². The summed E-state index contributed by atoms with van der Waals surface area (Å²) >= 11 is 0. The van der Waals surface area contributed by atoms with Crippen LogP contribution in [0, 0.1) is 0 Å². The van der Waals surface area contributed by atoms with E-state index >= 15 is 0 Å². The van der Waals surface area contributed by atoms with Crippen LogP contribution in [0.2, 0.25) is 0 Å². The Morgan fingerprint density at radius 1 is 0.318 bits per heavy atom. The molecule has 0 aliphatic carbocycles. The Labute approximate surface area is 377 Å². The van der Waals surface area contributed by atoms with Crippen molar-refractivity contribution in [2.24, 2.45) is 0 Å². The molecule has 0 aliphatic heterocycles. The van der Waals surface area contributed by atoms with E-state index in [2.05, 4.69) is 31.9 Å². The number of para-hydroxylation sites is 2. The van der Waals surface area contributed by atoms with Crippen LogP contribution in [-0.4, -0.2) is 41.1 Å². The highest BCUT2D eigenvalue weighted by Crippen LogP contribution is 2.27. The zero-order valence-electron chi connectivity index (χ0n) is 34.0. The monoisotopic (exact) mass is 928 g/mol. The van der Waals surface area contributed by atoms with Crippen molar-refractivity contribution in [1.29, 1.82) is 0 Å². The van der Waals surface area contributed by atoms with Crippen LogP contribution >= 0.6 is 0 Å². The molecule has 0 heterocycles. The molecule has 20 heteroatoms. The van der Waals surface area contributed by atoms with E-state index in [1.54, 1.807) is 84.9 Å². The van der Waals surface area contributed by atoms with Gasteiger partial charge in [-0.1, -0.05) is 66.7 Å². The van der Waals surface area contributed by atoms with Crippen molar-refractivity contribution >= 4 is 78.6 Å². The number of carbonyl (C=O) groups excluding carboxylic acids is 4. The first-order valence-corrected chi connectivity index (χ1v) is 22.2. The minimum atomic E-state index is -4.64. The molecule has 18 nitrogen and oxygen atoms in total. The van der Waals surface area contributed by atoms with Crippen LogP contribution in [0.3, 0.4) is 0 Å². The largest absolute Gasteiger partial charge is 0.417 e. The lowest BCUT2D eigenvalue weighted by atomic mass is 10.3. The summed E-state index contributed by atoms with van der Waals surface area (Å²) in [5.74, 6) is -0.125. The second-order valence-electron chi connectivity index (χ2n) is 13.6. The van der Waals surface area contributed by atoms with Gasteiger partial charge in [0.15, 0.2) is 0 Å². The van der Waals surface area contributed by atoms with E-state index in [0.29, 0.717) is 11.4 Å². The van der Waals surface area contributed by atoms with Gasteiger partial charge in [-0.05, 0) is 91.0 Å². The van der Waals surface area contributed by atoms with Crippen LogP contribution in [0.4, 0.5) is 53.3 Å². The molecule has 0 fully saturated rings. The Morgan fingerprint density at radius 2 is 0.621 bits per heavy atom.